The minimum Gasteiger partial charge on any atom is -0.370 e. The van der Waals surface area contributed by atoms with E-state index < -0.39 is 6.03 Å². The lowest BCUT2D eigenvalue weighted by Crippen LogP contribution is -2.39. The van der Waals surface area contributed by atoms with Crippen LogP contribution in [0, 0.1) is 13.8 Å². The molecule has 0 aliphatic carbocycles. The van der Waals surface area contributed by atoms with Gasteiger partial charge in [0.05, 0.1) is 0 Å². The number of urea groups is 1. The van der Waals surface area contributed by atoms with Crippen LogP contribution in [0.2, 0.25) is 0 Å². The number of aryl methyl sites for hydroxylation is 2. The van der Waals surface area contributed by atoms with Crippen molar-refractivity contribution >= 4 is 33.6 Å². The van der Waals surface area contributed by atoms with Crippen LogP contribution in [0.1, 0.15) is 11.1 Å². The molecule has 0 heterocycles. The number of nitrogens with one attached hydrogen (secondary N) is 2. The highest BCUT2D eigenvalue weighted by Crippen LogP contribution is 2.24. The first-order chi connectivity index (χ1) is 7.93. The number of carbonyl (C=O) groups excluding carboxylic acids is 1. The molecule has 5 nitrogen and oxygen atoms in total. The van der Waals surface area contributed by atoms with Crippen molar-refractivity contribution < 1.29 is 4.79 Å². The van der Waals surface area contributed by atoms with E-state index in [4.69, 9.17) is 5.73 Å². The van der Waals surface area contributed by atoms with Crippen molar-refractivity contribution in [3.05, 3.63) is 27.7 Å². The number of halogens is 1. The predicted molar refractivity (Wildman–Crippen MR) is 73.3 cm³/mol. The van der Waals surface area contributed by atoms with E-state index in [1.54, 1.807) is 0 Å². The number of nitrogens with zero attached hydrogens (tertiary/aromatic N) is 1. The smallest absolute Gasteiger partial charge is 0.326 e. The van der Waals surface area contributed by atoms with Crippen molar-refractivity contribution in [3.8, 4) is 0 Å². The fourth-order valence-corrected chi connectivity index (χ4v) is 2.11. The van der Waals surface area contributed by atoms with Crippen molar-refractivity contribution in [2.45, 2.75) is 13.8 Å². The number of aliphatic imine (C=N–C) groups is 1. The molecule has 0 bridgehead atoms. The molecule has 0 aliphatic heterocycles. The molecule has 6 heteroatoms. The molecular formula is C11H15BrN4O. The molecule has 1 aromatic carbocycles. The van der Waals surface area contributed by atoms with Crippen molar-refractivity contribution in [1.29, 1.82) is 0 Å². The van der Waals surface area contributed by atoms with Gasteiger partial charge in [0.15, 0.2) is 5.96 Å². The van der Waals surface area contributed by atoms with Crippen molar-refractivity contribution in [3.63, 3.8) is 0 Å². The first-order valence-electron chi connectivity index (χ1n) is 5.01. The summed E-state index contributed by atoms with van der Waals surface area (Å²) in [5.41, 5.74) is 8.11. The number of hydrogen-bond acceptors (Lipinski definition) is 2. The van der Waals surface area contributed by atoms with Gasteiger partial charge >= 0.3 is 6.03 Å². The summed E-state index contributed by atoms with van der Waals surface area (Å²) in [4.78, 5) is 15.2. The van der Waals surface area contributed by atoms with Crippen LogP contribution in [0.4, 0.5) is 10.5 Å². The molecule has 4 N–H and O–H groups in total. The highest BCUT2D eigenvalue weighted by molar-refractivity contribution is 9.10. The average Bonchev–Trinajstić information content (AvgIpc) is 2.23. The third-order valence-corrected chi connectivity index (χ3v) is 2.68. The lowest BCUT2D eigenvalue weighted by Gasteiger charge is -2.12. The van der Waals surface area contributed by atoms with Gasteiger partial charge in [0.2, 0.25) is 0 Å². The van der Waals surface area contributed by atoms with Crippen LogP contribution in [0.5, 0.6) is 0 Å². The molecule has 0 aromatic heterocycles. The molecule has 1 aromatic rings. The number of benzene rings is 1. The molecule has 1 rings (SSSR count). The largest absolute Gasteiger partial charge is 0.370 e. The quantitative estimate of drug-likeness (QED) is 0.548. The molecule has 0 unspecified atom stereocenters. The Labute approximate surface area is 109 Å². The zero-order valence-electron chi connectivity index (χ0n) is 9.97. The molecule has 2 amide bonds. The Kier molecular flexibility index (Phi) is 4.51. The van der Waals surface area contributed by atoms with E-state index in [1.165, 1.54) is 7.05 Å². The van der Waals surface area contributed by atoms with E-state index in [0.717, 1.165) is 21.3 Å². The Morgan fingerprint density at radius 3 is 2.35 bits per heavy atom. The van der Waals surface area contributed by atoms with Crippen LogP contribution in [0.15, 0.2) is 21.6 Å². The van der Waals surface area contributed by atoms with Gasteiger partial charge in [-0.15, -0.1) is 0 Å². The summed E-state index contributed by atoms with van der Waals surface area (Å²) in [5, 5.41) is 5.15. The number of guanidine groups is 1. The summed E-state index contributed by atoms with van der Waals surface area (Å²) in [6.07, 6.45) is 0. The second-order valence-electron chi connectivity index (χ2n) is 3.60. The van der Waals surface area contributed by atoms with Gasteiger partial charge in [-0.2, -0.15) is 0 Å². The summed E-state index contributed by atoms with van der Waals surface area (Å²) in [5.74, 6) is 0.0786. The Balaban J connectivity index is 2.85. The van der Waals surface area contributed by atoms with Gasteiger partial charge in [-0.25, -0.2) is 4.79 Å². The molecular weight excluding hydrogens is 284 g/mol. The van der Waals surface area contributed by atoms with Crippen LogP contribution >= 0.6 is 15.9 Å². The fraction of sp³-hybridized carbons (Fsp3) is 0.273. The molecule has 0 saturated carbocycles. The van der Waals surface area contributed by atoms with Crippen LogP contribution in [0.3, 0.4) is 0 Å². The monoisotopic (exact) mass is 298 g/mol. The summed E-state index contributed by atoms with van der Waals surface area (Å²) in [6.45, 7) is 3.84. The number of nitrogens with two attached hydrogens (primary N) is 1. The molecule has 0 radical (unpaired) electrons. The van der Waals surface area contributed by atoms with Crippen molar-refractivity contribution in [2.24, 2.45) is 10.7 Å². The van der Waals surface area contributed by atoms with Crippen LogP contribution < -0.4 is 16.4 Å². The van der Waals surface area contributed by atoms with Gasteiger partial charge in [0.25, 0.3) is 0 Å². The molecule has 0 aliphatic rings. The van der Waals surface area contributed by atoms with Gasteiger partial charge in [0.1, 0.15) is 0 Å². The van der Waals surface area contributed by atoms with Crippen molar-refractivity contribution in [1.82, 2.24) is 5.32 Å². The number of hydrogen-bond donors (Lipinski definition) is 3. The summed E-state index contributed by atoms with van der Waals surface area (Å²) in [7, 11) is 1.51. The normalized spacial score (nSPS) is 11.2. The van der Waals surface area contributed by atoms with Gasteiger partial charge in [0, 0.05) is 17.2 Å². The van der Waals surface area contributed by atoms with Gasteiger partial charge in [-0.3, -0.25) is 10.3 Å². The molecule has 92 valence electrons. The topological polar surface area (TPSA) is 79.5 Å². The maximum atomic E-state index is 11.6. The first-order valence-corrected chi connectivity index (χ1v) is 5.80. The number of carbonyl (C=O) groups is 1. The van der Waals surface area contributed by atoms with E-state index >= 15 is 0 Å². The Bertz CT molecular complexity index is 448. The Morgan fingerprint density at radius 1 is 1.35 bits per heavy atom. The van der Waals surface area contributed by atoms with Gasteiger partial charge < -0.3 is 11.1 Å². The maximum absolute atomic E-state index is 11.6. The Morgan fingerprint density at radius 2 is 1.88 bits per heavy atom. The van der Waals surface area contributed by atoms with E-state index in [1.807, 2.05) is 26.0 Å². The lowest BCUT2D eigenvalue weighted by molar-refractivity contribution is 0.256. The number of anilines is 1. The van der Waals surface area contributed by atoms with Crippen LogP contribution in [-0.2, 0) is 0 Å². The number of amides is 2. The van der Waals surface area contributed by atoms with Crippen molar-refractivity contribution in [2.75, 3.05) is 12.4 Å². The summed E-state index contributed by atoms with van der Waals surface area (Å²) in [6, 6.07) is 3.46. The SMILES string of the molecule is CN=C(N)NC(=O)Nc1c(C)cc(Br)cc1C. The summed E-state index contributed by atoms with van der Waals surface area (Å²) < 4.78 is 0.980. The first kappa shape index (κ1) is 13.5. The van der Waals surface area contributed by atoms with Gasteiger partial charge in [-0.1, -0.05) is 15.9 Å². The van der Waals surface area contributed by atoms with E-state index in [-0.39, 0.29) is 5.96 Å². The van der Waals surface area contributed by atoms with Crippen LogP contribution in [-0.4, -0.2) is 19.0 Å². The van der Waals surface area contributed by atoms with E-state index in [0.29, 0.717) is 0 Å². The van der Waals surface area contributed by atoms with Crippen LogP contribution in [0.25, 0.3) is 0 Å². The third kappa shape index (κ3) is 3.74. The molecule has 0 saturated heterocycles. The molecule has 0 spiro atoms. The zero-order chi connectivity index (χ0) is 13.0. The second-order valence-corrected chi connectivity index (χ2v) is 4.52. The molecule has 0 atom stereocenters. The molecule has 17 heavy (non-hydrogen) atoms. The summed E-state index contributed by atoms with van der Waals surface area (Å²) >= 11 is 3.40. The average molecular weight is 299 g/mol. The number of rotatable bonds is 1. The molecule has 0 fully saturated rings. The maximum Gasteiger partial charge on any atom is 0.326 e. The lowest BCUT2D eigenvalue weighted by atomic mass is 10.1. The minimum absolute atomic E-state index is 0.0786. The minimum atomic E-state index is -0.401. The van der Waals surface area contributed by atoms with Gasteiger partial charge in [-0.05, 0) is 37.1 Å². The second kappa shape index (κ2) is 5.67. The fourth-order valence-electron chi connectivity index (χ4n) is 1.42. The highest BCUT2D eigenvalue weighted by atomic mass is 79.9. The predicted octanol–water partition coefficient (Wildman–Crippen LogP) is 2.13. The Hall–Kier alpha value is -1.56. The highest BCUT2D eigenvalue weighted by Gasteiger charge is 2.08. The van der Waals surface area contributed by atoms with E-state index in [9.17, 15) is 4.79 Å². The zero-order valence-corrected chi connectivity index (χ0v) is 11.6. The third-order valence-electron chi connectivity index (χ3n) is 2.22. The standard InChI is InChI=1S/C11H15BrN4O/c1-6-4-8(12)5-7(2)9(6)15-11(17)16-10(13)14-3/h4-5H,1-3H3,(H4,13,14,15,16,17). The van der Waals surface area contributed by atoms with E-state index in [2.05, 4.69) is 31.6 Å².